The first-order valence-corrected chi connectivity index (χ1v) is 6.39. The van der Waals surface area contributed by atoms with Gasteiger partial charge in [-0.2, -0.15) is 0 Å². The Morgan fingerprint density at radius 2 is 2.06 bits per heavy atom. The van der Waals surface area contributed by atoms with Crippen LogP contribution in [0, 0.1) is 11.7 Å². The minimum absolute atomic E-state index is 0.0417. The molecule has 0 bridgehead atoms. The maximum atomic E-state index is 13.5. The molecular weight excluding hydrogens is 233 g/mol. The highest BCUT2D eigenvalue weighted by molar-refractivity contribution is 5.90. The fraction of sp³-hybridized carbons (Fsp3) is 0.500. The molecule has 1 aliphatic carbocycles. The second kappa shape index (κ2) is 5.85. The maximum Gasteiger partial charge on any atom is 0.341 e. The van der Waals surface area contributed by atoms with E-state index in [0.717, 1.165) is 18.9 Å². The van der Waals surface area contributed by atoms with E-state index in [1.165, 1.54) is 31.4 Å². The zero-order valence-electron chi connectivity index (χ0n) is 10.3. The van der Waals surface area contributed by atoms with Crippen LogP contribution in [0.25, 0.3) is 0 Å². The number of hydrogen-bond acceptors (Lipinski definition) is 3. The molecule has 0 heterocycles. The maximum absolute atomic E-state index is 13.5. The van der Waals surface area contributed by atoms with E-state index in [1.54, 1.807) is 0 Å². The van der Waals surface area contributed by atoms with Crippen LogP contribution in [0.1, 0.15) is 42.5 Å². The van der Waals surface area contributed by atoms with Gasteiger partial charge < -0.3 is 10.5 Å². The number of carbonyl (C=O) groups is 1. The Morgan fingerprint density at radius 3 is 2.72 bits per heavy atom. The Morgan fingerprint density at radius 1 is 1.33 bits per heavy atom. The van der Waals surface area contributed by atoms with Gasteiger partial charge >= 0.3 is 5.97 Å². The highest BCUT2D eigenvalue weighted by Gasteiger charge is 2.18. The lowest BCUT2D eigenvalue weighted by Gasteiger charge is -2.21. The van der Waals surface area contributed by atoms with Crippen LogP contribution in [-0.2, 0) is 4.74 Å². The van der Waals surface area contributed by atoms with E-state index in [0.29, 0.717) is 18.2 Å². The summed E-state index contributed by atoms with van der Waals surface area (Å²) in [5, 5.41) is 0. The SMILES string of the molecule is Nc1ccc(C(=O)OCC2CCCCC2)c(F)c1. The van der Waals surface area contributed by atoms with E-state index >= 15 is 0 Å². The number of hydrogen-bond donors (Lipinski definition) is 1. The van der Waals surface area contributed by atoms with Crippen LogP contribution in [-0.4, -0.2) is 12.6 Å². The summed E-state index contributed by atoms with van der Waals surface area (Å²) in [7, 11) is 0. The fourth-order valence-electron chi connectivity index (χ4n) is 2.32. The summed E-state index contributed by atoms with van der Waals surface area (Å²) < 4.78 is 18.7. The quantitative estimate of drug-likeness (QED) is 0.663. The van der Waals surface area contributed by atoms with Gasteiger partial charge in [-0.05, 0) is 37.0 Å². The first-order chi connectivity index (χ1) is 8.66. The van der Waals surface area contributed by atoms with E-state index in [1.807, 2.05) is 0 Å². The van der Waals surface area contributed by atoms with Crippen molar-refractivity contribution in [2.24, 2.45) is 5.92 Å². The Bertz CT molecular complexity index is 428. The van der Waals surface area contributed by atoms with Gasteiger partial charge in [0.15, 0.2) is 0 Å². The number of carbonyl (C=O) groups excluding carboxylic acids is 1. The summed E-state index contributed by atoms with van der Waals surface area (Å²) in [6.07, 6.45) is 5.84. The van der Waals surface area contributed by atoms with Crippen molar-refractivity contribution in [1.82, 2.24) is 0 Å². The normalized spacial score (nSPS) is 16.5. The van der Waals surface area contributed by atoms with Gasteiger partial charge in [0.2, 0.25) is 0 Å². The van der Waals surface area contributed by atoms with Crippen molar-refractivity contribution >= 4 is 11.7 Å². The van der Waals surface area contributed by atoms with E-state index in [4.69, 9.17) is 10.5 Å². The molecule has 1 saturated carbocycles. The third-order valence-corrected chi connectivity index (χ3v) is 3.39. The van der Waals surface area contributed by atoms with Crippen molar-refractivity contribution in [2.75, 3.05) is 12.3 Å². The number of esters is 1. The molecular formula is C14H18FNO2. The standard InChI is InChI=1S/C14H18FNO2/c15-13-8-11(16)6-7-12(13)14(17)18-9-10-4-2-1-3-5-10/h6-8,10H,1-5,9,16H2. The molecule has 1 aromatic rings. The van der Waals surface area contributed by atoms with Gasteiger partial charge in [0, 0.05) is 5.69 Å². The lowest BCUT2D eigenvalue weighted by molar-refractivity contribution is 0.0405. The minimum Gasteiger partial charge on any atom is -0.462 e. The molecule has 2 N–H and O–H groups in total. The van der Waals surface area contributed by atoms with Crippen LogP contribution in [0.4, 0.5) is 10.1 Å². The van der Waals surface area contributed by atoms with Gasteiger partial charge in [-0.25, -0.2) is 9.18 Å². The van der Waals surface area contributed by atoms with Crippen LogP contribution in [0.2, 0.25) is 0 Å². The molecule has 1 aromatic carbocycles. The smallest absolute Gasteiger partial charge is 0.341 e. The average Bonchev–Trinajstić information content (AvgIpc) is 2.37. The Kier molecular flexibility index (Phi) is 4.18. The zero-order valence-corrected chi connectivity index (χ0v) is 10.3. The molecule has 1 aliphatic rings. The van der Waals surface area contributed by atoms with Crippen LogP contribution >= 0.6 is 0 Å². The molecule has 18 heavy (non-hydrogen) atoms. The van der Waals surface area contributed by atoms with E-state index in [9.17, 15) is 9.18 Å². The average molecular weight is 251 g/mol. The molecule has 0 radical (unpaired) electrons. The summed E-state index contributed by atoms with van der Waals surface area (Å²) in [5.41, 5.74) is 5.69. The molecule has 0 atom stereocenters. The minimum atomic E-state index is -0.622. The highest BCUT2D eigenvalue weighted by Crippen LogP contribution is 2.24. The number of benzene rings is 1. The van der Waals surface area contributed by atoms with Crippen molar-refractivity contribution in [1.29, 1.82) is 0 Å². The third-order valence-electron chi connectivity index (χ3n) is 3.39. The summed E-state index contributed by atoms with van der Waals surface area (Å²) in [5.74, 6) is -0.790. The number of rotatable bonds is 3. The summed E-state index contributed by atoms with van der Waals surface area (Å²) in [6, 6.07) is 4.01. The Hall–Kier alpha value is -1.58. The van der Waals surface area contributed by atoms with E-state index in [2.05, 4.69) is 0 Å². The predicted octanol–water partition coefficient (Wildman–Crippen LogP) is 3.15. The second-order valence-corrected chi connectivity index (χ2v) is 4.84. The molecule has 4 heteroatoms. The topological polar surface area (TPSA) is 52.3 Å². The van der Waals surface area contributed by atoms with Gasteiger partial charge in [-0.15, -0.1) is 0 Å². The van der Waals surface area contributed by atoms with Crippen LogP contribution in [0.5, 0.6) is 0 Å². The lowest BCUT2D eigenvalue weighted by Crippen LogP contribution is -2.17. The molecule has 0 aliphatic heterocycles. The number of nitrogen functional groups attached to an aromatic ring is 1. The summed E-state index contributed by atoms with van der Waals surface area (Å²) in [6.45, 7) is 0.392. The van der Waals surface area contributed by atoms with Gasteiger partial charge in [-0.1, -0.05) is 19.3 Å². The van der Waals surface area contributed by atoms with Crippen molar-refractivity contribution in [3.63, 3.8) is 0 Å². The molecule has 2 rings (SSSR count). The highest BCUT2D eigenvalue weighted by atomic mass is 19.1. The molecule has 0 saturated heterocycles. The second-order valence-electron chi connectivity index (χ2n) is 4.84. The molecule has 3 nitrogen and oxygen atoms in total. The lowest BCUT2D eigenvalue weighted by atomic mass is 9.90. The largest absolute Gasteiger partial charge is 0.462 e. The Labute approximate surface area is 106 Å². The first kappa shape index (κ1) is 12.9. The predicted molar refractivity (Wildman–Crippen MR) is 67.7 cm³/mol. The summed E-state index contributed by atoms with van der Waals surface area (Å²) >= 11 is 0. The van der Waals surface area contributed by atoms with Gasteiger partial charge in [0.05, 0.1) is 12.2 Å². The molecule has 0 spiro atoms. The zero-order chi connectivity index (χ0) is 13.0. The third kappa shape index (κ3) is 3.22. The van der Waals surface area contributed by atoms with Crippen molar-refractivity contribution < 1.29 is 13.9 Å². The first-order valence-electron chi connectivity index (χ1n) is 6.39. The number of nitrogens with two attached hydrogens (primary N) is 1. The summed E-state index contributed by atoms with van der Waals surface area (Å²) in [4.78, 5) is 11.7. The van der Waals surface area contributed by atoms with Crippen molar-refractivity contribution in [2.45, 2.75) is 32.1 Å². The van der Waals surface area contributed by atoms with Crippen LogP contribution in [0.15, 0.2) is 18.2 Å². The fourth-order valence-corrected chi connectivity index (χ4v) is 2.32. The Balaban J connectivity index is 1.90. The van der Waals surface area contributed by atoms with Gasteiger partial charge in [0.25, 0.3) is 0 Å². The molecule has 0 unspecified atom stereocenters. The molecule has 0 amide bonds. The van der Waals surface area contributed by atoms with E-state index in [-0.39, 0.29) is 5.56 Å². The monoisotopic (exact) mass is 251 g/mol. The molecule has 0 aromatic heterocycles. The van der Waals surface area contributed by atoms with Gasteiger partial charge in [0.1, 0.15) is 5.82 Å². The van der Waals surface area contributed by atoms with Crippen LogP contribution < -0.4 is 5.73 Å². The van der Waals surface area contributed by atoms with Crippen LogP contribution in [0.3, 0.4) is 0 Å². The van der Waals surface area contributed by atoms with E-state index < -0.39 is 11.8 Å². The number of ether oxygens (including phenoxy) is 1. The molecule has 1 fully saturated rings. The number of halogens is 1. The van der Waals surface area contributed by atoms with Gasteiger partial charge in [-0.3, -0.25) is 0 Å². The number of anilines is 1. The van der Waals surface area contributed by atoms with Crippen molar-refractivity contribution in [3.8, 4) is 0 Å². The van der Waals surface area contributed by atoms with Crippen molar-refractivity contribution in [3.05, 3.63) is 29.6 Å². The molecule has 98 valence electrons.